The quantitative estimate of drug-likeness (QED) is 0.348. The van der Waals surface area contributed by atoms with E-state index in [9.17, 15) is 0 Å². The highest BCUT2D eigenvalue weighted by Crippen LogP contribution is 2.28. The summed E-state index contributed by atoms with van der Waals surface area (Å²) in [7, 11) is 0. The van der Waals surface area contributed by atoms with Gasteiger partial charge in [0.2, 0.25) is 0 Å². The minimum atomic E-state index is 0.713. The van der Waals surface area contributed by atoms with Gasteiger partial charge in [-0.05, 0) is 17.7 Å². The molecule has 5 rings (SSSR count). The van der Waals surface area contributed by atoms with Gasteiger partial charge in [0.1, 0.15) is 0 Å². The van der Waals surface area contributed by atoms with Crippen LogP contribution < -0.4 is 16.1 Å². The summed E-state index contributed by atoms with van der Waals surface area (Å²) >= 11 is 1.62. The van der Waals surface area contributed by atoms with E-state index in [4.69, 9.17) is 4.98 Å². The fourth-order valence-corrected chi connectivity index (χ4v) is 4.08. The Morgan fingerprint density at radius 1 is 0.806 bits per heavy atom. The smallest absolute Gasteiger partial charge is 0.188 e. The van der Waals surface area contributed by atoms with E-state index in [2.05, 4.69) is 45.4 Å². The fourth-order valence-electron chi connectivity index (χ4n) is 3.31. The Morgan fingerprint density at radius 3 is 2.23 bits per heavy atom. The van der Waals surface area contributed by atoms with Gasteiger partial charge in [-0.3, -0.25) is 0 Å². The lowest BCUT2D eigenvalue weighted by molar-refractivity contribution is 0.623. The number of hydrazone groups is 1. The Kier molecular flexibility index (Phi) is 5.60. The van der Waals surface area contributed by atoms with Crippen LogP contribution in [0.1, 0.15) is 11.1 Å². The van der Waals surface area contributed by atoms with E-state index >= 15 is 0 Å². The van der Waals surface area contributed by atoms with E-state index in [-0.39, 0.29) is 0 Å². The first kappa shape index (κ1) is 19.3. The number of nitrogens with one attached hydrogen (secondary N) is 2. The van der Waals surface area contributed by atoms with Crippen LogP contribution in [0.5, 0.6) is 0 Å². The van der Waals surface area contributed by atoms with Crippen LogP contribution in [0.15, 0.2) is 107 Å². The number of amidine groups is 1. The van der Waals surface area contributed by atoms with Gasteiger partial charge in [-0.2, -0.15) is 0 Å². The summed E-state index contributed by atoms with van der Waals surface area (Å²) in [5.74, 6) is 1.53. The molecule has 0 aliphatic carbocycles. The SMILES string of the molecule is c1ccc(CSc2ncc(C3=NNNN3c3ccccc3)c(-c3ccccc3)n2)cc1. The Balaban J connectivity index is 1.51. The lowest BCUT2D eigenvalue weighted by atomic mass is 10.1. The van der Waals surface area contributed by atoms with Gasteiger partial charge < -0.3 is 0 Å². The molecular weight excluding hydrogens is 404 g/mol. The summed E-state index contributed by atoms with van der Waals surface area (Å²) in [5, 5.41) is 7.09. The Labute approximate surface area is 185 Å². The van der Waals surface area contributed by atoms with E-state index in [1.807, 2.05) is 77.9 Å². The number of rotatable bonds is 6. The van der Waals surface area contributed by atoms with Gasteiger partial charge in [0, 0.05) is 17.5 Å². The van der Waals surface area contributed by atoms with Gasteiger partial charge >= 0.3 is 0 Å². The van der Waals surface area contributed by atoms with Crippen LogP contribution in [0, 0.1) is 0 Å². The molecule has 152 valence electrons. The second-order valence-corrected chi connectivity index (χ2v) is 7.83. The van der Waals surface area contributed by atoms with Crippen molar-refractivity contribution in [2.45, 2.75) is 10.9 Å². The Hall–Kier alpha value is -3.68. The number of hydrazine groups is 2. The molecule has 0 fully saturated rings. The molecule has 0 saturated carbocycles. The molecule has 0 atom stereocenters. The number of hydrogen-bond donors (Lipinski definition) is 2. The van der Waals surface area contributed by atoms with Crippen molar-refractivity contribution in [1.29, 1.82) is 0 Å². The van der Waals surface area contributed by atoms with Crippen molar-refractivity contribution >= 4 is 23.3 Å². The number of hydrogen-bond acceptors (Lipinski definition) is 7. The van der Waals surface area contributed by atoms with Crippen molar-refractivity contribution in [2.24, 2.45) is 5.10 Å². The largest absolute Gasteiger partial charge is 0.238 e. The van der Waals surface area contributed by atoms with Gasteiger partial charge in [0.15, 0.2) is 11.0 Å². The van der Waals surface area contributed by atoms with Gasteiger partial charge in [-0.25, -0.2) is 20.5 Å². The maximum absolute atomic E-state index is 4.92. The van der Waals surface area contributed by atoms with E-state index < -0.39 is 0 Å². The fraction of sp³-hybridized carbons (Fsp3) is 0.0417. The molecule has 0 saturated heterocycles. The molecule has 0 spiro atoms. The molecule has 31 heavy (non-hydrogen) atoms. The van der Waals surface area contributed by atoms with Crippen molar-refractivity contribution < 1.29 is 0 Å². The predicted molar refractivity (Wildman–Crippen MR) is 125 cm³/mol. The zero-order valence-electron chi connectivity index (χ0n) is 16.6. The summed E-state index contributed by atoms with van der Waals surface area (Å²) in [5.41, 5.74) is 10.9. The number of para-hydroxylation sites is 1. The molecule has 2 heterocycles. The first-order valence-corrected chi connectivity index (χ1v) is 10.9. The van der Waals surface area contributed by atoms with Crippen LogP contribution in [0.4, 0.5) is 5.69 Å². The zero-order chi connectivity index (χ0) is 20.9. The molecule has 4 aromatic rings. The first-order valence-electron chi connectivity index (χ1n) is 9.91. The normalized spacial score (nSPS) is 13.0. The molecule has 0 bridgehead atoms. The molecule has 7 heteroatoms. The van der Waals surface area contributed by atoms with Crippen molar-refractivity contribution in [1.82, 2.24) is 21.0 Å². The highest BCUT2D eigenvalue weighted by atomic mass is 32.2. The van der Waals surface area contributed by atoms with E-state index in [0.717, 1.165) is 33.4 Å². The minimum absolute atomic E-state index is 0.713. The molecule has 0 radical (unpaired) electrons. The molecule has 0 unspecified atom stereocenters. The Bertz CT molecular complexity index is 1180. The number of anilines is 1. The number of nitrogens with zero attached hydrogens (tertiary/aromatic N) is 4. The maximum atomic E-state index is 4.92. The monoisotopic (exact) mass is 424 g/mol. The van der Waals surface area contributed by atoms with Crippen molar-refractivity contribution in [3.8, 4) is 11.3 Å². The summed E-state index contributed by atoms with van der Waals surface area (Å²) in [6, 6.07) is 30.5. The summed E-state index contributed by atoms with van der Waals surface area (Å²) in [4.78, 5) is 9.56. The predicted octanol–water partition coefficient (Wildman–Crippen LogP) is 4.63. The van der Waals surface area contributed by atoms with E-state index in [1.54, 1.807) is 11.8 Å². The average Bonchev–Trinajstić information content (AvgIpc) is 3.34. The standard InChI is InChI=1S/C24H20N6S/c1-4-10-18(11-5-1)17-31-24-25-16-21(22(26-24)19-12-6-2-7-13-19)23-27-28-29-30(23)20-14-8-3-9-15-20/h1-16,28-29H,17H2. The number of benzene rings is 3. The lowest BCUT2D eigenvalue weighted by Crippen LogP contribution is -2.41. The zero-order valence-corrected chi connectivity index (χ0v) is 17.5. The molecule has 2 N–H and O–H groups in total. The molecule has 1 aliphatic rings. The maximum Gasteiger partial charge on any atom is 0.188 e. The summed E-state index contributed by atoms with van der Waals surface area (Å²) in [6.45, 7) is 0. The highest BCUT2D eigenvalue weighted by molar-refractivity contribution is 7.98. The van der Waals surface area contributed by atoms with Gasteiger partial charge in [-0.1, -0.05) is 90.6 Å². The molecule has 0 amide bonds. The van der Waals surface area contributed by atoms with Crippen LogP contribution in [-0.4, -0.2) is 15.8 Å². The third-order valence-electron chi connectivity index (χ3n) is 4.82. The number of aromatic nitrogens is 2. The summed E-state index contributed by atoms with van der Waals surface area (Å²) < 4.78 is 0. The molecule has 6 nitrogen and oxygen atoms in total. The van der Waals surface area contributed by atoms with Crippen LogP contribution in [0.2, 0.25) is 0 Å². The van der Waals surface area contributed by atoms with Crippen LogP contribution in [0.25, 0.3) is 11.3 Å². The summed E-state index contributed by atoms with van der Waals surface area (Å²) in [6.07, 6.45) is 1.85. The Morgan fingerprint density at radius 2 is 1.48 bits per heavy atom. The second-order valence-electron chi connectivity index (χ2n) is 6.89. The third-order valence-corrected chi connectivity index (χ3v) is 5.75. The molecule has 1 aliphatic heterocycles. The van der Waals surface area contributed by atoms with Crippen molar-refractivity contribution in [2.75, 3.05) is 5.01 Å². The molecule has 1 aromatic heterocycles. The third kappa shape index (κ3) is 4.28. The lowest BCUT2D eigenvalue weighted by Gasteiger charge is -2.20. The molecular formula is C24H20N6S. The van der Waals surface area contributed by atoms with Gasteiger partial charge in [-0.15, -0.1) is 10.6 Å². The van der Waals surface area contributed by atoms with Crippen molar-refractivity contribution in [3.05, 3.63) is 108 Å². The first-order chi connectivity index (χ1) is 15.4. The van der Waals surface area contributed by atoms with Crippen LogP contribution in [-0.2, 0) is 5.75 Å². The second kappa shape index (κ2) is 8.99. The van der Waals surface area contributed by atoms with Gasteiger partial charge in [0.25, 0.3) is 0 Å². The van der Waals surface area contributed by atoms with Gasteiger partial charge in [0.05, 0.1) is 16.9 Å². The molecule has 3 aromatic carbocycles. The minimum Gasteiger partial charge on any atom is -0.238 e. The van der Waals surface area contributed by atoms with E-state index in [1.165, 1.54) is 5.56 Å². The van der Waals surface area contributed by atoms with E-state index in [0.29, 0.717) is 5.84 Å². The van der Waals surface area contributed by atoms with Crippen LogP contribution in [0.3, 0.4) is 0 Å². The van der Waals surface area contributed by atoms with Crippen molar-refractivity contribution in [3.63, 3.8) is 0 Å². The topological polar surface area (TPSA) is 65.4 Å². The highest BCUT2D eigenvalue weighted by Gasteiger charge is 2.25. The average molecular weight is 425 g/mol. The van der Waals surface area contributed by atoms with Crippen LogP contribution >= 0.6 is 11.8 Å². The number of thioether (sulfide) groups is 1.